The van der Waals surface area contributed by atoms with Crippen molar-refractivity contribution in [3.63, 3.8) is 0 Å². The highest BCUT2D eigenvalue weighted by molar-refractivity contribution is 7.20. The number of fused-ring (bicyclic) bond motifs is 1. The third-order valence-electron chi connectivity index (χ3n) is 4.04. The monoisotopic (exact) mass is 412 g/mol. The first kappa shape index (κ1) is 18.5. The molecule has 0 atom stereocenters. The highest BCUT2D eigenvalue weighted by atomic mass is 35.5. The van der Waals surface area contributed by atoms with Crippen LogP contribution < -0.4 is 10.1 Å². The van der Waals surface area contributed by atoms with Gasteiger partial charge in [-0.1, -0.05) is 29.0 Å². The SMILES string of the molecule is CCOc1ccc(C(=O)Nc2cc(C)nn2-c2nc3c(Cl)cccc3s2)cc1. The van der Waals surface area contributed by atoms with Gasteiger partial charge in [-0.25, -0.2) is 4.98 Å². The second kappa shape index (κ2) is 7.61. The van der Waals surface area contributed by atoms with E-state index in [4.69, 9.17) is 16.3 Å². The van der Waals surface area contributed by atoms with Crippen LogP contribution >= 0.6 is 22.9 Å². The minimum absolute atomic E-state index is 0.233. The van der Waals surface area contributed by atoms with E-state index in [9.17, 15) is 4.79 Å². The van der Waals surface area contributed by atoms with Crippen molar-refractivity contribution in [1.82, 2.24) is 14.8 Å². The molecular formula is C20H17ClN4O2S. The minimum atomic E-state index is -0.233. The third kappa shape index (κ3) is 3.58. The number of carbonyl (C=O) groups excluding carboxylic acids is 1. The molecule has 0 aliphatic rings. The predicted molar refractivity (Wildman–Crippen MR) is 112 cm³/mol. The van der Waals surface area contributed by atoms with Crippen molar-refractivity contribution in [2.45, 2.75) is 13.8 Å². The molecule has 28 heavy (non-hydrogen) atoms. The summed E-state index contributed by atoms with van der Waals surface area (Å²) >= 11 is 7.70. The lowest BCUT2D eigenvalue weighted by molar-refractivity contribution is 0.102. The first-order chi connectivity index (χ1) is 13.5. The van der Waals surface area contributed by atoms with Crippen molar-refractivity contribution < 1.29 is 9.53 Å². The molecule has 1 N–H and O–H groups in total. The van der Waals surface area contributed by atoms with Crippen molar-refractivity contribution >= 4 is 44.9 Å². The van der Waals surface area contributed by atoms with E-state index in [1.54, 1.807) is 41.1 Å². The van der Waals surface area contributed by atoms with Gasteiger partial charge in [-0.05, 0) is 50.2 Å². The maximum Gasteiger partial charge on any atom is 0.256 e. The van der Waals surface area contributed by atoms with Crippen LogP contribution in [0, 0.1) is 6.92 Å². The lowest BCUT2D eigenvalue weighted by atomic mass is 10.2. The topological polar surface area (TPSA) is 69.0 Å². The molecule has 0 bridgehead atoms. The fourth-order valence-corrected chi connectivity index (χ4v) is 4.02. The first-order valence-corrected chi connectivity index (χ1v) is 9.91. The van der Waals surface area contributed by atoms with Crippen LogP contribution in [0.5, 0.6) is 5.75 Å². The van der Waals surface area contributed by atoms with Crippen molar-refractivity contribution in [3.8, 4) is 10.9 Å². The van der Waals surface area contributed by atoms with E-state index in [0.717, 1.165) is 21.7 Å². The van der Waals surface area contributed by atoms with E-state index in [1.807, 2.05) is 26.0 Å². The molecule has 8 heteroatoms. The molecule has 0 saturated carbocycles. The molecule has 0 fully saturated rings. The van der Waals surface area contributed by atoms with E-state index in [2.05, 4.69) is 15.4 Å². The zero-order valence-electron chi connectivity index (χ0n) is 15.3. The van der Waals surface area contributed by atoms with Crippen LogP contribution in [0.2, 0.25) is 5.02 Å². The number of carbonyl (C=O) groups is 1. The second-order valence-electron chi connectivity index (χ2n) is 6.08. The average molecular weight is 413 g/mol. The fraction of sp³-hybridized carbons (Fsp3) is 0.150. The fourth-order valence-electron chi connectivity index (χ4n) is 2.79. The summed E-state index contributed by atoms with van der Waals surface area (Å²) in [5.41, 5.74) is 2.02. The number of benzene rings is 2. The molecule has 0 radical (unpaired) electrons. The Bertz CT molecular complexity index is 1150. The maximum atomic E-state index is 12.7. The Morgan fingerprint density at radius 1 is 1.25 bits per heavy atom. The Labute approximate surface area is 170 Å². The zero-order chi connectivity index (χ0) is 19.7. The Morgan fingerprint density at radius 2 is 2.04 bits per heavy atom. The summed E-state index contributed by atoms with van der Waals surface area (Å²) in [6.07, 6.45) is 0. The van der Waals surface area contributed by atoms with Crippen LogP contribution in [0.1, 0.15) is 23.0 Å². The van der Waals surface area contributed by atoms with Crippen LogP contribution in [-0.2, 0) is 0 Å². The number of aryl methyl sites for hydroxylation is 1. The molecule has 2 aromatic carbocycles. The number of anilines is 1. The molecule has 0 saturated heterocycles. The van der Waals surface area contributed by atoms with Crippen molar-refractivity contribution in [2.24, 2.45) is 0 Å². The predicted octanol–water partition coefficient (Wildman–Crippen LogP) is 5.09. The van der Waals surface area contributed by atoms with Crippen LogP contribution in [0.3, 0.4) is 0 Å². The number of hydrogen-bond acceptors (Lipinski definition) is 5. The van der Waals surface area contributed by atoms with Gasteiger partial charge in [0, 0.05) is 11.6 Å². The van der Waals surface area contributed by atoms with Gasteiger partial charge in [0.1, 0.15) is 17.1 Å². The zero-order valence-corrected chi connectivity index (χ0v) is 16.8. The molecule has 2 heterocycles. The highest BCUT2D eigenvalue weighted by Crippen LogP contribution is 2.31. The molecule has 0 aliphatic heterocycles. The van der Waals surface area contributed by atoms with Gasteiger partial charge in [0.15, 0.2) is 0 Å². The number of nitrogens with zero attached hydrogens (tertiary/aromatic N) is 3. The van der Waals surface area contributed by atoms with Crippen LogP contribution in [-0.4, -0.2) is 27.3 Å². The summed E-state index contributed by atoms with van der Waals surface area (Å²) in [4.78, 5) is 17.3. The standard InChI is InChI=1S/C20H17ClN4O2S/c1-3-27-14-9-7-13(8-10-14)19(26)22-17-11-12(2)24-25(17)20-23-18-15(21)5-4-6-16(18)28-20/h4-11H,3H2,1-2H3,(H,22,26). The smallest absolute Gasteiger partial charge is 0.256 e. The van der Waals surface area contributed by atoms with Crippen molar-refractivity contribution in [2.75, 3.05) is 11.9 Å². The number of rotatable bonds is 5. The number of amides is 1. The second-order valence-corrected chi connectivity index (χ2v) is 7.49. The highest BCUT2D eigenvalue weighted by Gasteiger charge is 2.16. The molecule has 2 aromatic heterocycles. The van der Waals surface area contributed by atoms with Crippen LogP contribution in [0.4, 0.5) is 5.82 Å². The number of aromatic nitrogens is 3. The molecule has 0 spiro atoms. The molecule has 4 aromatic rings. The molecular weight excluding hydrogens is 396 g/mol. The van der Waals surface area contributed by atoms with Crippen LogP contribution in [0.25, 0.3) is 15.3 Å². The van der Waals surface area contributed by atoms with Gasteiger partial charge in [-0.3, -0.25) is 4.79 Å². The van der Waals surface area contributed by atoms with Gasteiger partial charge < -0.3 is 10.1 Å². The van der Waals surface area contributed by atoms with Gasteiger partial charge in [0.05, 0.1) is 22.0 Å². The van der Waals surface area contributed by atoms with Gasteiger partial charge >= 0.3 is 0 Å². The molecule has 1 amide bonds. The normalized spacial score (nSPS) is 11.0. The molecule has 0 aliphatic carbocycles. The number of nitrogens with one attached hydrogen (secondary N) is 1. The summed E-state index contributed by atoms with van der Waals surface area (Å²) < 4.78 is 8.00. The van der Waals surface area contributed by atoms with Gasteiger partial charge in [-0.2, -0.15) is 9.78 Å². The molecule has 6 nitrogen and oxygen atoms in total. The van der Waals surface area contributed by atoms with Gasteiger partial charge in [-0.15, -0.1) is 0 Å². The Morgan fingerprint density at radius 3 is 2.75 bits per heavy atom. The molecule has 4 rings (SSSR count). The largest absolute Gasteiger partial charge is 0.494 e. The van der Waals surface area contributed by atoms with E-state index in [-0.39, 0.29) is 5.91 Å². The number of thiazole rings is 1. The van der Waals surface area contributed by atoms with E-state index < -0.39 is 0 Å². The summed E-state index contributed by atoms with van der Waals surface area (Å²) in [5, 5.41) is 8.61. The molecule has 142 valence electrons. The number of halogens is 1. The maximum absolute atomic E-state index is 12.7. The third-order valence-corrected chi connectivity index (χ3v) is 5.34. The quantitative estimate of drug-likeness (QED) is 0.495. The summed E-state index contributed by atoms with van der Waals surface area (Å²) in [6.45, 7) is 4.36. The number of para-hydroxylation sites is 1. The molecule has 0 unspecified atom stereocenters. The number of ether oxygens (including phenoxy) is 1. The van der Waals surface area contributed by atoms with E-state index in [1.165, 1.54) is 11.3 Å². The van der Waals surface area contributed by atoms with Crippen molar-refractivity contribution in [3.05, 3.63) is 64.8 Å². The average Bonchev–Trinajstić information content (AvgIpc) is 3.26. The first-order valence-electron chi connectivity index (χ1n) is 8.71. The Hall–Kier alpha value is -2.90. The van der Waals surface area contributed by atoms with Crippen molar-refractivity contribution in [1.29, 1.82) is 0 Å². The lowest BCUT2D eigenvalue weighted by Crippen LogP contribution is -2.15. The van der Waals surface area contributed by atoms with Gasteiger partial charge in [0.2, 0.25) is 5.13 Å². The van der Waals surface area contributed by atoms with Gasteiger partial charge in [0.25, 0.3) is 5.91 Å². The summed E-state index contributed by atoms with van der Waals surface area (Å²) in [7, 11) is 0. The minimum Gasteiger partial charge on any atom is -0.494 e. The van der Waals surface area contributed by atoms with Crippen LogP contribution in [0.15, 0.2) is 48.5 Å². The summed E-state index contributed by atoms with van der Waals surface area (Å²) in [6, 6.07) is 14.5. The number of hydrogen-bond donors (Lipinski definition) is 1. The van der Waals surface area contributed by atoms with E-state index >= 15 is 0 Å². The van der Waals surface area contributed by atoms with E-state index in [0.29, 0.717) is 28.1 Å². The lowest BCUT2D eigenvalue weighted by Gasteiger charge is -2.07. The Balaban J connectivity index is 1.63. The Kier molecular flexibility index (Phi) is 5.02. The summed E-state index contributed by atoms with van der Waals surface area (Å²) in [5.74, 6) is 1.04.